The van der Waals surface area contributed by atoms with Crippen molar-refractivity contribution >= 4 is 34.5 Å². The topological polar surface area (TPSA) is 90.3 Å². The van der Waals surface area contributed by atoms with Crippen molar-refractivity contribution in [1.82, 2.24) is 19.9 Å². The van der Waals surface area contributed by atoms with Gasteiger partial charge in [-0.25, -0.2) is 14.8 Å². The Kier molecular flexibility index (Phi) is 7.18. The number of hydrogen-bond donors (Lipinski definition) is 2. The van der Waals surface area contributed by atoms with Crippen LogP contribution < -0.4 is 20.1 Å². The SMILES string of the molecule is COc1cc(OC)c(NC(=O)NCCc2nc3cccnc3n2Cc2ccc(C)cc2)cc1Cl. The molecule has 0 unspecified atom stereocenters. The average Bonchev–Trinajstić information content (AvgIpc) is 3.18. The molecule has 2 aromatic heterocycles. The molecule has 8 nitrogen and oxygen atoms in total. The summed E-state index contributed by atoms with van der Waals surface area (Å²) >= 11 is 6.19. The molecule has 0 aliphatic heterocycles. The average molecular weight is 480 g/mol. The number of amides is 2. The summed E-state index contributed by atoms with van der Waals surface area (Å²) in [5.74, 6) is 1.76. The number of aryl methyl sites for hydroxylation is 1. The highest BCUT2D eigenvalue weighted by Gasteiger charge is 2.14. The number of rotatable bonds is 8. The van der Waals surface area contributed by atoms with Gasteiger partial charge in [0.05, 0.1) is 31.5 Å². The Hall–Kier alpha value is -3.78. The lowest BCUT2D eigenvalue weighted by Gasteiger charge is -2.14. The van der Waals surface area contributed by atoms with Crippen LogP contribution in [0.3, 0.4) is 0 Å². The summed E-state index contributed by atoms with van der Waals surface area (Å²) in [5, 5.41) is 6.01. The first-order valence-corrected chi connectivity index (χ1v) is 11.2. The second-order valence-corrected chi connectivity index (χ2v) is 8.17. The smallest absolute Gasteiger partial charge is 0.319 e. The summed E-state index contributed by atoms with van der Waals surface area (Å²) < 4.78 is 12.6. The number of pyridine rings is 1. The number of anilines is 1. The summed E-state index contributed by atoms with van der Waals surface area (Å²) in [6, 6.07) is 15.0. The van der Waals surface area contributed by atoms with Gasteiger partial charge in [-0.15, -0.1) is 0 Å². The highest BCUT2D eigenvalue weighted by Crippen LogP contribution is 2.35. The lowest BCUT2D eigenvalue weighted by atomic mass is 10.1. The van der Waals surface area contributed by atoms with Gasteiger partial charge in [0.2, 0.25) is 0 Å². The summed E-state index contributed by atoms with van der Waals surface area (Å²) in [4.78, 5) is 21.8. The first kappa shape index (κ1) is 23.4. The molecular formula is C25H26ClN5O3. The number of halogens is 1. The maximum absolute atomic E-state index is 12.5. The summed E-state index contributed by atoms with van der Waals surface area (Å²) in [7, 11) is 3.03. The van der Waals surface area contributed by atoms with Crippen molar-refractivity contribution in [3.05, 3.63) is 76.7 Å². The molecule has 0 bridgehead atoms. The molecule has 4 rings (SSSR count). The van der Waals surface area contributed by atoms with Gasteiger partial charge in [0.1, 0.15) is 22.8 Å². The monoisotopic (exact) mass is 479 g/mol. The zero-order valence-corrected chi connectivity index (χ0v) is 20.0. The fourth-order valence-electron chi connectivity index (χ4n) is 3.65. The van der Waals surface area contributed by atoms with Gasteiger partial charge in [0.25, 0.3) is 0 Å². The van der Waals surface area contributed by atoms with Crippen molar-refractivity contribution in [2.45, 2.75) is 19.9 Å². The molecule has 0 saturated heterocycles. The van der Waals surface area contributed by atoms with Crippen LogP contribution in [0.1, 0.15) is 17.0 Å². The molecule has 2 N–H and O–H groups in total. The lowest BCUT2D eigenvalue weighted by Crippen LogP contribution is -2.31. The van der Waals surface area contributed by atoms with Crippen LogP contribution in [0.15, 0.2) is 54.7 Å². The normalized spacial score (nSPS) is 10.8. The van der Waals surface area contributed by atoms with Crippen molar-refractivity contribution in [1.29, 1.82) is 0 Å². The molecule has 4 aromatic rings. The number of fused-ring (bicyclic) bond motifs is 1. The zero-order chi connectivity index (χ0) is 24.1. The lowest BCUT2D eigenvalue weighted by molar-refractivity contribution is 0.252. The number of benzene rings is 2. The molecule has 34 heavy (non-hydrogen) atoms. The number of aromatic nitrogens is 3. The van der Waals surface area contributed by atoms with Crippen molar-refractivity contribution in [3.63, 3.8) is 0 Å². The number of nitrogens with zero attached hydrogens (tertiary/aromatic N) is 3. The van der Waals surface area contributed by atoms with E-state index in [-0.39, 0.29) is 6.03 Å². The summed E-state index contributed by atoms with van der Waals surface area (Å²) in [5.41, 5.74) is 4.46. The van der Waals surface area contributed by atoms with Gasteiger partial charge in [0.15, 0.2) is 5.65 Å². The van der Waals surface area contributed by atoms with Crippen molar-refractivity contribution in [2.24, 2.45) is 0 Å². The van der Waals surface area contributed by atoms with E-state index in [0.29, 0.717) is 41.7 Å². The molecule has 0 spiro atoms. The van der Waals surface area contributed by atoms with Crippen molar-refractivity contribution in [2.75, 3.05) is 26.1 Å². The van der Waals surface area contributed by atoms with E-state index in [0.717, 1.165) is 22.6 Å². The Labute approximate surface area is 202 Å². The summed E-state index contributed by atoms with van der Waals surface area (Å²) in [6.07, 6.45) is 2.30. The quantitative estimate of drug-likeness (QED) is 0.378. The van der Waals surface area contributed by atoms with E-state index >= 15 is 0 Å². The molecule has 0 aliphatic carbocycles. The number of carbonyl (C=O) groups is 1. The Morgan fingerprint density at radius 1 is 1.09 bits per heavy atom. The second kappa shape index (κ2) is 10.4. The number of hydrogen-bond acceptors (Lipinski definition) is 5. The minimum absolute atomic E-state index is 0.371. The molecule has 2 amide bonds. The van der Waals surface area contributed by atoms with Crippen LogP contribution in [0, 0.1) is 6.92 Å². The van der Waals surface area contributed by atoms with Gasteiger partial charge in [-0.1, -0.05) is 41.4 Å². The first-order chi connectivity index (χ1) is 16.5. The van der Waals surface area contributed by atoms with Gasteiger partial charge >= 0.3 is 6.03 Å². The van der Waals surface area contributed by atoms with Crippen LogP contribution in [-0.4, -0.2) is 41.3 Å². The standard InChI is InChI=1S/C25H26ClN5O3/c1-16-6-8-17(9-7-16)15-31-23(29-19-5-4-11-27-24(19)31)10-12-28-25(32)30-20-13-18(26)21(33-2)14-22(20)34-3/h4-9,11,13-14H,10,12,15H2,1-3H3,(H2,28,30,32). The number of methoxy groups -OCH3 is 2. The van der Waals surface area contributed by atoms with Crippen LogP contribution in [0.2, 0.25) is 5.02 Å². The van der Waals surface area contributed by atoms with E-state index in [1.165, 1.54) is 19.8 Å². The van der Waals surface area contributed by atoms with Crippen molar-refractivity contribution in [3.8, 4) is 11.5 Å². The predicted octanol–water partition coefficient (Wildman–Crippen LogP) is 4.82. The molecular weight excluding hydrogens is 454 g/mol. The van der Waals surface area contributed by atoms with Gasteiger partial charge in [-0.3, -0.25) is 0 Å². The molecule has 9 heteroatoms. The Morgan fingerprint density at radius 2 is 1.85 bits per heavy atom. The van der Waals surface area contributed by atoms with E-state index < -0.39 is 0 Å². The first-order valence-electron chi connectivity index (χ1n) is 10.8. The van der Waals surface area contributed by atoms with E-state index in [1.807, 2.05) is 12.1 Å². The molecule has 0 fully saturated rings. The predicted molar refractivity (Wildman–Crippen MR) is 133 cm³/mol. The van der Waals surface area contributed by atoms with Crippen LogP contribution in [0.25, 0.3) is 11.2 Å². The van der Waals surface area contributed by atoms with E-state index in [2.05, 4.69) is 51.4 Å². The second-order valence-electron chi connectivity index (χ2n) is 7.76. The van der Waals surface area contributed by atoms with E-state index in [1.54, 1.807) is 18.3 Å². The molecule has 0 atom stereocenters. The zero-order valence-electron chi connectivity index (χ0n) is 19.3. The van der Waals surface area contributed by atoms with Crippen LogP contribution >= 0.6 is 11.6 Å². The molecule has 0 saturated carbocycles. The fourth-order valence-corrected chi connectivity index (χ4v) is 3.89. The third-order valence-corrected chi connectivity index (χ3v) is 5.70. The van der Waals surface area contributed by atoms with Crippen molar-refractivity contribution < 1.29 is 14.3 Å². The maximum Gasteiger partial charge on any atom is 0.319 e. The minimum Gasteiger partial charge on any atom is -0.495 e. The van der Waals surface area contributed by atoms with Gasteiger partial charge in [0, 0.05) is 25.2 Å². The number of imidazole rings is 1. The fraction of sp³-hybridized carbons (Fsp3) is 0.240. The molecule has 2 heterocycles. The number of nitrogens with one attached hydrogen (secondary N) is 2. The molecule has 0 radical (unpaired) electrons. The highest BCUT2D eigenvalue weighted by atomic mass is 35.5. The van der Waals surface area contributed by atoms with Crippen LogP contribution in [0.4, 0.5) is 10.5 Å². The molecule has 2 aromatic carbocycles. The van der Waals surface area contributed by atoms with Crippen LogP contribution in [0.5, 0.6) is 11.5 Å². The van der Waals surface area contributed by atoms with E-state index in [9.17, 15) is 4.79 Å². The van der Waals surface area contributed by atoms with Gasteiger partial charge in [-0.05, 0) is 30.7 Å². The minimum atomic E-state index is -0.376. The Morgan fingerprint density at radius 3 is 2.59 bits per heavy atom. The third-order valence-electron chi connectivity index (χ3n) is 5.40. The molecule has 176 valence electrons. The number of carbonyl (C=O) groups excluding carboxylic acids is 1. The number of ether oxygens (including phenoxy) is 2. The van der Waals surface area contributed by atoms with Crippen LogP contribution in [-0.2, 0) is 13.0 Å². The largest absolute Gasteiger partial charge is 0.495 e. The maximum atomic E-state index is 12.5. The van der Waals surface area contributed by atoms with E-state index in [4.69, 9.17) is 26.1 Å². The highest BCUT2D eigenvalue weighted by molar-refractivity contribution is 6.32. The number of urea groups is 1. The summed E-state index contributed by atoms with van der Waals surface area (Å²) in [6.45, 7) is 3.10. The Bertz CT molecular complexity index is 1300. The third kappa shape index (κ3) is 5.23. The Balaban J connectivity index is 1.45. The molecule has 0 aliphatic rings. The van der Waals surface area contributed by atoms with Gasteiger partial charge < -0.3 is 24.7 Å². The van der Waals surface area contributed by atoms with Gasteiger partial charge in [-0.2, -0.15) is 0 Å².